The molecule has 2 N–H and O–H groups in total. The monoisotopic (exact) mass is 259 g/mol. The van der Waals surface area contributed by atoms with Crippen molar-refractivity contribution in [3.8, 4) is 0 Å². The van der Waals surface area contributed by atoms with Gasteiger partial charge in [0.2, 0.25) is 6.41 Å². The van der Waals surface area contributed by atoms with E-state index in [9.17, 15) is 18.3 Å². The number of amides is 1. The lowest BCUT2D eigenvalue weighted by Gasteiger charge is -2.21. The first-order valence-corrected chi connectivity index (χ1v) is 6.56. The largest absolute Gasteiger partial charge is 0.365 e. The van der Waals surface area contributed by atoms with E-state index in [0.717, 1.165) is 6.26 Å². The Balaban J connectivity index is 2.90. The van der Waals surface area contributed by atoms with Crippen LogP contribution in [0.1, 0.15) is 11.6 Å². The van der Waals surface area contributed by atoms with E-state index in [1.807, 2.05) is 0 Å². The van der Waals surface area contributed by atoms with Crippen LogP contribution in [-0.2, 0) is 19.1 Å². The van der Waals surface area contributed by atoms with Crippen LogP contribution in [0.15, 0.2) is 30.3 Å². The maximum Gasteiger partial charge on any atom is 0.266 e. The summed E-state index contributed by atoms with van der Waals surface area (Å²) < 4.78 is 26.2. The van der Waals surface area contributed by atoms with Crippen LogP contribution in [0.2, 0.25) is 0 Å². The topological polar surface area (TPSA) is 92.7 Å². The maximum absolute atomic E-state index is 10.9. The second-order valence-electron chi connectivity index (χ2n) is 3.36. The van der Waals surface area contributed by atoms with Gasteiger partial charge >= 0.3 is 0 Å². The second-order valence-corrected chi connectivity index (χ2v) is 4.96. The molecular weight excluding hydrogens is 246 g/mol. The summed E-state index contributed by atoms with van der Waals surface area (Å²) in [5.41, 5.74) is 0.538. The summed E-state index contributed by atoms with van der Waals surface area (Å²) in [5, 5.41) is 11.9. The summed E-state index contributed by atoms with van der Waals surface area (Å²) in [6.07, 6.45) is -0.483. The fourth-order valence-electron chi connectivity index (χ4n) is 1.31. The van der Waals surface area contributed by atoms with E-state index in [0.29, 0.717) is 12.0 Å². The predicted octanol–water partition coefficient (Wildman–Crippen LogP) is -0.232. The molecule has 0 radical (unpaired) electrons. The Morgan fingerprint density at radius 1 is 1.35 bits per heavy atom. The number of aliphatic hydroxyl groups is 1. The van der Waals surface area contributed by atoms with E-state index in [1.165, 1.54) is 0 Å². The van der Waals surface area contributed by atoms with Gasteiger partial charge in [-0.2, -0.15) is 8.42 Å². The minimum Gasteiger partial charge on any atom is -0.365 e. The molecule has 1 rings (SSSR count). The van der Waals surface area contributed by atoms with Gasteiger partial charge < -0.3 is 10.4 Å². The molecule has 2 atom stereocenters. The first-order chi connectivity index (χ1) is 7.94. The van der Waals surface area contributed by atoms with E-state index in [2.05, 4.69) is 9.50 Å². The van der Waals surface area contributed by atoms with E-state index in [4.69, 9.17) is 0 Å². The normalized spacial score (nSPS) is 14.9. The van der Waals surface area contributed by atoms with Gasteiger partial charge in [0.15, 0.2) is 6.29 Å². The Morgan fingerprint density at radius 3 is 2.41 bits per heavy atom. The number of aliphatic hydroxyl groups excluding tert-OH is 1. The predicted molar refractivity (Wildman–Crippen MR) is 60.3 cm³/mol. The Labute approximate surface area is 99.3 Å². The summed E-state index contributed by atoms with van der Waals surface area (Å²) in [4.78, 5) is 10.4. The molecule has 1 aromatic rings. The van der Waals surface area contributed by atoms with Crippen molar-refractivity contribution in [2.75, 3.05) is 6.26 Å². The third-order valence-corrected chi connectivity index (χ3v) is 2.51. The van der Waals surface area contributed by atoms with Gasteiger partial charge in [-0.15, -0.1) is 0 Å². The number of hydrogen-bond donors (Lipinski definition) is 2. The number of carbonyl (C=O) groups excluding carboxylic acids is 1. The zero-order valence-electron chi connectivity index (χ0n) is 9.11. The molecule has 17 heavy (non-hydrogen) atoms. The van der Waals surface area contributed by atoms with Crippen molar-refractivity contribution in [1.29, 1.82) is 0 Å². The van der Waals surface area contributed by atoms with E-state index >= 15 is 0 Å². The fourth-order valence-corrected chi connectivity index (χ4v) is 1.78. The summed E-state index contributed by atoms with van der Waals surface area (Å²) >= 11 is 0. The van der Waals surface area contributed by atoms with Crippen molar-refractivity contribution < 1.29 is 22.5 Å². The molecule has 0 saturated carbocycles. The van der Waals surface area contributed by atoms with Gasteiger partial charge in [0.1, 0.15) is 6.04 Å². The average molecular weight is 259 g/mol. The Kier molecular flexibility index (Phi) is 4.62. The van der Waals surface area contributed by atoms with E-state index < -0.39 is 22.4 Å². The quantitative estimate of drug-likeness (QED) is 0.418. The van der Waals surface area contributed by atoms with Crippen molar-refractivity contribution in [2.24, 2.45) is 0 Å². The van der Waals surface area contributed by atoms with Gasteiger partial charge in [-0.05, 0) is 5.56 Å². The fraction of sp³-hybridized carbons (Fsp3) is 0.300. The second kappa shape index (κ2) is 5.76. The maximum atomic E-state index is 10.9. The zero-order chi connectivity index (χ0) is 12.9. The van der Waals surface area contributed by atoms with Crippen molar-refractivity contribution >= 4 is 16.5 Å². The molecular formula is C10H13NO5S. The van der Waals surface area contributed by atoms with Gasteiger partial charge in [0.05, 0.1) is 6.26 Å². The van der Waals surface area contributed by atoms with Gasteiger partial charge in [0, 0.05) is 0 Å². The van der Waals surface area contributed by atoms with Crippen LogP contribution in [0.4, 0.5) is 0 Å². The van der Waals surface area contributed by atoms with Crippen LogP contribution in [0.5, 0.6) is 0 Å². The number of carbonyl (C=O) groups is 1. The lowest BCUT2D eigenvalue weighted by molar-refractivity contribution is -0.113. The van der Waals surface area contributed by atoms with Crippen molar-refractivity contribution in [3.63, 3.8) is 0 Å². The first-order valence-electron chi connectivity index (χ1n) is 4.75. The van der Waals surface area contributed by atoms with E-state index in [1.54, 1.807) is 30.3 Å². The number of nitrogens with one attached hydrogen (secondary N) is 1. The molecule has 0 saturated heterocycles. The van der Waals surface area contributed by atoms with Gasteiger partial charge in [0.25, 0.3) is 10.1 Å². The van der Waals surface area contributed by atoms with Gasteiger partial charge in [-0.25, -0.2) is 4.18 Å². The summed E-state index contributed by atoms with van der Waals surface area (Å²) in [7, 11) is -3.80. The molecule has 7 heteroatoms. The zero-order valence-corrected chi connectivity index (χ0v) is 9.92. The van der Waals surface area contributed by atoms with Crippen molar-refractivity contribution in [2.45, 2.75) is 12.3 Å². The highest BCUT2D eigenvalue weighted by Gasteiger charge is 2.24. The Hall–Kier alpha value is -1.44. The minimum atomic E-state index is -3.80. The Bertz CT molecular complexity index is 459. The van der Waals surface area contributed by atoms with Crippen molar-refractivity contribution in [3.05, 3.63) is 35.9 Å². The molecule has 0 aromatic heterocycles. The molecule has 1 unspecified atom stereocenters. The Morgan fingerprint density at radius 2 is 1.94 bits per heavy atom. The van der Waals surface area contributed by atoms with Gasteiger partial charge in [-0.3, -0.25) is 4.79 Å². The lowest BCUT2D eigenvalue weighted by Crippen LogP contribution is -2.34. The minimum absolute atomic E-state index is 0.368. The third kappa shape index (κ3) is 4.51. The first kappa shape index (κ1) is 13.6. The highest BCUT2D eigenvalue weighted by Crippen LogP contribution is 2.18. The highest BCUT2D eigenvalue weighted by atomic mass is 32.2. The summed E-state index contributed by atoms with van der Waals surface area (Å²) in [6, 6.07) is 7.48. The summed E-state index contributed by atoms with van der Waals surface area (Å²) in [6.45, 7) is 0. The molecule has 0 heterocycles. The molecule has 0 aliphatic carbocycles. The van der Waals surface area contributed by atoms with Crippen LogP contribution in [0.3, 0.4) is 0 Å². The van der Waals surface area contributed by atoms with Crippen LogP contribution in [0, 0.1) is 0 Å². The molecule has 0 bridgehead atoms. The van der Waals surface area contributed by atoms with E-state index in [-0.39, 0.29) is 0 Å². The molecule has 6 nitrogen and oxygen atoms in total. The summed E-state index contributed by atoms with van der Waals surface area (Å²) in [5.74, 6) is 0. The molecule has 0 spiro atoms. The molecule has 1 amide bonds. The molecule has 0 aliphatic rings. The van der Waals surface area contributed by atoms with Crippen LogP contribution in [-0.4, -0.2) is 32.5 Å². The standard InChI is InChI=1S/C10H13NO5S/c1-17(14,15)16-10(13)9(11-7-12)8-5-3-2-4-6-8/h2-7,9-10,13H,1H3,(H,11,12)/t9-,10?/m0/s1. The van der Waals surface area contributed by atoms with Crippen LogP contribution < -0.4 is 5.32 Å². The third-order valence-electron chi connectivity index (χ3n) is 1.96. The molecule has 0 fully saturated rings. The van der Waals surface area contributed by atoms with Crippen molar-refractivity contribution in [1.82, 2.24) is 5.32 Å². The molecule has 0 aliphatic heterocycles. The van der Waals surface area contributed by atoms with Crippen LogP contribution >= 0.6 is 0 Å². The smallest absolute Gasteiger partial charge is 0.266 e. The SMILES string of the molecule is CS(=O)(=O)OC(O)[C@@H](NC=O)c1ccccc1. The van der Waals surface area contributed by atoms with Crippen LogP contribution in [0.25, 0.3) is 0 Å². The molecule has 94 valence electrons. The number of benzene rings is 1. The average Bonchev–Trinajstić information content (AvgIpc) is 2.24. The van der Waals surface area contributed by atoms with Gasteiger partial charge in [-0.1, -0.05) is 30.3 Å². The number of rotatable bonds is 6. The number of hydrogen-bond acceptors (Lipinski definition) is 5. The lowest BCUT2D eigenvalue weighted by atomic mass is 10.1. The molecule has 1 aromatic carbocycles. The highest BCUT2D eigenvalue weighted by molar-refractivity contribution is 7.86.